The summed E-state index contributed by atoms with van der Waals surface area (Å²) < 4.78 is 34.8. The van der Waals surface area contributed by atoms with E-state index in [0.717, 1.165) is 23.6 Å². The zero-order valence-corrected chi connectivity index (χ0v) is 17.2. The van der Waals surface area contributed by atoms with E-state index in [-0.39, 0.29) is 35.5 Å². The summed E-state index contributed by atoms with van der Waals surface area (Å²) in [4.78, 5) is 5.06. The summed E-state index contributed by atoms with van der Waals surface area (Å²) in [7, 11) is -1.32. The predicted octanol–water partition coefficient (Wildman–Crippen LogP) is 2.14. The maximum atomic E-state index is 12.8. The molecule has 0 radical (unpaired) electrons. The van der Waals surface area contributed by atoms with E-state index in [0.29, 0.717) is 12.5 Å². The van der Waals surface area contributed by atoms with Crippen molar-refractivity contribution < 1.29 is 12.8 Å². The standard InChI is InChI=1S/C14H22FN3O2S2.HI/c1-16-14(18-9-11-22(2,19)20)17-8-3-10-21-13-6-4-12(15)5-7-13;/h4-7H,3,8-11H2,1-2H3,(H2,16,17,18);1H. The molecule has 0 heterocycles. The van der Waals surface area contributed by atoms with Crippen molar-refractivity contribution >= 4 is 51.5 Å². The van der Waals surface area contributed by atoms with Gasteiger partial charge in [-0.05, 0) is 36.4 Å². The Morgan fingerprint density at radius 3 is 2.39 bits per heavy atom. The van der Waals surface area contributed by atoms with Crippen molar-refractivity contribution in [3.63, 3.8) is 0 Å². The molecule has 0 atom stereocenters. The number of nitrogens with zero attached hydrogens (tertiary/aromatic N) is 1. The van der Waals surface area contributed by atoms with E-state index in [1.807, 2.05) is 0 Å². The molecule has 0 spiro atoms. The molecule has 132 valence electrons. The summed E-state index contributed by atoms with van der Waals surface area (Å²) in [5.41, 5.74) is 0. The van der Waals surface area contributed by atoms with Gasteiger partial charge in [-0.15, -0.1) is 35.7 Å². The van der Waals surface area contributed by atoms with Gasteiger partial charge in [-0.3, -0.25) is 4.99 Å². The van der Waals surface area contributed by atoms with E-state index < -0.39 is 9.84 Å². The first kappa shape index (κ1) is 22.4. The second kappa shape index (κ2) is 11.9. The van der Waals surface area contributed by atoms with Gasteiger partial charge in [0, 0.05) is 31.3 Å². The summed E-state index contributed by atoms with van der Waals surface area (Å²) in [6, 6.07) is 6.43. The number of aliphatic imine (C=N–C) groups is 1. The summed E-state index contributed by atoms with van der Waals surface area (Å²) >= 11 is 1.66. The molecular formula is C14H23FIN3O2S2. The van der Waals surface area contributed by atoms with Crippen molar-refractivity contribution in [2.45, 2.75) is 11.3 Å². The topological polar surface area (TPSA) is 70.6 Å². The molecule has 0 aliphatic heterocycles. The molecule has 0 aliphatic carbocycles. The van der Waals surface area contributed by atoms with E-state index in [1.165, 1.54) is 18.4 Å². The van der Waals surface area contributed by atoms with Crippen molar-refractivity contribution in [1.82, 2.24) is 10.6 Å². The van der Waals surface area contributed by atoms with E-state index in [2.05, 4.69) is 15.6 Å². The molecule has 23 heavy (non-hydrogen) atoms. The molecule has 1 aromatic rings. The van der Waals surface area contributed by atoms with E-state index >= 15 is 0 Å². The third-order valence-corrected chi connectivity index (χ3v) is 4.73. The smallest absolute Gasteiger partial charge is 0.191 e. The highest BCUT2D eigenvalue weighted by Gasteiger charge is 2.03. The van der Waals surface area contributed by atoms with Crippen LogP contribution in [0.4, 0.5) is 4.39 Å². The third-order valence-electron chi connectivity index (χ3n) is 2.68. The van der Waals surface area contributed by atoms with Crippen LogP contribution in [-0.4, -0.2) is 52.3 Å². The molecule has 0 saturated heterocycles. The van der Waals surface area contributed by atoms with Crippen LogP contribution in [0.25, 0.3) is 0 Å². The van der Waals surface area contributed by atoms with E-state index in [9.17, 15) is 12.8 Å². The minimum Gasteiger partial charge on any atom is -0.356 e. The van der Waals surface area contributed by atoms with Crippen molar-refractivity contribution in [1.29, 1.82) is 0 Å². The number of benzene rings is 1. The third kappa shape index (κ3) is 11.6. The minimum atomic E-state index is -2.97. The highest BCUT2D eigenvalue weighted by Crippen LogP contribution is 2.18. The highest BCUT2D eigenvalue weighted by atomic mass is 127. The van der Waals surface area contributed by atoms with Gasteiger partial charge in [-0.2, -0.15) is 0 Å². The first-order valence-electron chi connectivity index (χ1n) is 6.91. The van der Waals surface area contributed by atoms with Crippen molar-refractivity contribution in [2.24, 2.45) is 4.99 Å². The first-order valence-corrected chi connectivity index (χ1v) is 9.96. The summed E-state index contributed by atoms with van der Waals surface area (Å²) in [5.74, 6) is 1.35. The maximum Gasteiger partial charge on any atom is 0.191 e. The lowest BCUT2D eigenvalue weighted by atomic mass is 10.4. The Balaban J connectivity index is 0.00000484. The zero-order chi connectivity index (χ0) is 16.4. The number of sulfone groups is 1. The Morgan fingerprint density at radius 2 is 1.83 bits per heavy atom. The van der Waals surface area contributed by atoms with Gasteiger partial charge in [-0.25, -0.2) is 12.8 Å². The molecular weight excluding hydrogens is 452 g/mol. The van der Waals surface area contributed by atoms with Crippen molar-refractivity contribution in [2.75, 3.05) is 37.9 Å². The first-order chi connectivity index (χ1) is 10.4. The molecule has 0 amide bonds. The number of guanidine groups is 1. The summed E-state index contributed by atoms with van der Waals surface area (Å²) in [6.07, 6.45) is 2.12. The van der Waals surface area contributed by atoms with Crippen LogP contribution in [0, 0.1) is 5.82 Å². The van der Waals surface area contributed by atoms with Gasteiger partial charge < -0.3 is 10.6 Å². The normalized spacial score (nSPS) is 11.7. The monoisotopic (exact) mass is 475 g/mol. The number of thioether (sulfide) groups is 1. The zero-order valence-electron chi connectivity index (χ0n) is 13.2. The molecule has 0 fully saturated rings. The predicted molar refractivity (Wildman–Crippen MR) is 106 cm³/mol. The fraction of sp³-hybridized carbons (Fsp3) is 0.500. The largest absolute Gasteiger partial charge is 0.356 e. The lowest BCUT2D eigenvalue weighted by Gasteiger charge is -2.11. The molecule has 0 saturated carbocycles. The Bertz CT molecular complexity index is 580. The molecule has 1 aromatic carbocycles. The van der Waals surface area contributed by atoms with Crippen LogP contribution in [0.2, 0.25) is 0 Å². The van der Waals surface area contributed by atoms with E-state index in [4.69, 9.17) is 0 Å². The number of rotatable bonds is 8. The fourth-order valence-corrected chi connectivity index (χ4v) is 2.90. The van der Waals surface area contributed by atoms with Crippen LogP contribution in [-0.2, 0) is 9.84 Å². The molecule has 0 aromatic heterocycles. The number of halogens is 2. The fourth-order valence-electron chi connectivity index (χ4n) is 1.58. The highest BCUT2D eigenvalue weighted by molar-refractivity contribution is 14.0. The van der Waals surface area contributed by atoms with Gasteiger partial charge >= 0.3 is 0 Å². The quantitative estimate of drug-likeness (QED) is 0.198. The maximum absolute atomic E-state index is 12.8. The van der Waals surface area contributed by atoms with Crippen LogP contribution in [0.3, 0.4) is 0 Å². The Labute approximate surface area is 158 Å². The Hall–Kier alpha value is -0.550. The number of nitrogens with one attached hydrogen (secondary N) is 2. The van der Waals surface area contributed by atoms with Crippen LogP contribution < -0.4 is 10.6 Å². The second-order valence-corrected chi connectivity index (χ2v) is 8.14. The van der Waals surface area contributed by atoms with Gasteiger partial charge in [-0.1, -0.05) is 0 Å². The van der Waals surface area contributed by atoms with Gasteiger partial charge in [0.15, 0.2) is 5.96 Å². The van der Waals surface area contributed by atoms with Crippen LogP contribution in [0.15, 0.2) is 34.2 Å². The van der Waals surface area contributed by atoms with Gasteiger partial charge in [0.1, 0.15) is 15.7 Å². The van der Waals surface area contributed by atoms with Crippen LogP contribution >= 0.6 is 35.7 Å². The second-order valence-electron chi connectivity index (χ2n) is 4.71. The summed E-state index contributed by atoms with van der Waals surface area (Å²) in [5, 5.41) is 6.07. The molecule has 5 nitrogen and oxygen atoms in total. The molecule has 2 N–H and O–H groups in total. The SMILES string of the molecule is CN=C(NCCCSc1ccc(F)cc1)NCCS(C)(=O)=O.I. The van der Waals surface area contributed by atoms with Crippen LogP contribution in [0.5, 0.6) is 0 Å². The van der Waals surface area contributed by atoms with E-state index in [1.54, 1.807) is 30.9 Å². The molecule has 9 heteroatoms. The van der Waals surface area contributed by atoms with Gasteiger partial charge in [0.2, 0.25) is 0 Å². The summed E-state index contributed by atoms with van der Waals surface area (Å²) in [6.45, 7) is 1.07. The van der Waals surface area contributed by atoms with Gasteiger partial charge in [0.25, 0.3) is 0 Å². The number of hydrogen-bond acceptors (Lipinski definition) is 4. The average Bonchev–Trinajstić information content (AvgIpc) is 2.45. The minimum absolute atomic E-state index is 0. The van der Waals surface area contributed by atoms with Crippen molar-refractivity contribution in [3.05, 3.63) is 30.1 Å². The lowest BCUT2D eigenvalue weighted by Crippen LogP contribution is -2.40. The Morgan fingerprint density at radius 1 is 1.22 bits per heavy atom. The molecule has 1 rings (SSSR count). The molecule has 0 unspecified atom stereocenters. The number of hydrogen-bond donors (Lipinski definition) is 2. The van der Waals surface area contributed by atoms with Crippen molar-refractivity contribution in [3.8, 4) is 0 Å². The lowest BCUT2D eigenvalue weighted by molar-refractivity contribution is 0.600. The van der Waals surface area contributed by atoms with Crippen LogP contribution in [0.1, 0.15) is 6.42 Å². The average molecular weight is 475 g/mol. The van der Waals surface area contributed by atoms with Gasteiger partial charge in [0.05, 0.1) is 5.75 Å². The molecule has 0 bridgehead atoms. The molecule has 0 aliphatic rings. The Kier molecular flexibility index (Phi) is 11.6.